The van der Waals surface area contributed by atoms with Crippen LogP contribution in [0, 0.1) is 5.41 Å². The fourth-order valence-corrected chi connectivity index (χ4v) is 4.45. The molecule has 0 aromatic carbocycles. The molecule has 96 valence electrons. The number of rotatable bonds is 5. The lowest BCUT2D eigenvalue weighted by Crippen LogP contribution is -2.52. The number of hydrogen-bond donors (Lipinski definition) is 0. The lowest BCUT2D eigenvalue weighted by atomic mass is 9.60. The smallest absolute Gasteiger partial charge is 0.0663 e. The number of alkyl halides is 2. The van der Waals surface area contributed by atoms with Crippen molar-refractivity contribution in [3.05, 3.63) is 0 Å². The van der Waals surface area contributed by atoms with E-state index in [1.165, 1.54) is 38.5 Å². The summed E-state index contributed by atoms with van der Waals surface area (Å²) < 4.78 is 0. The summed E-state index contributed by atoms with van der Waals surface area (Å²) in [5, 5.41) is 0.157. The van der Waals surface area contributed by atoms with Gasteiger partial charge in [0.2, 0.25) is 0 Å². The topological polar surface area (TPSA) is 0 Å². The first-order chi connectivity index (χ1) is 7.56. The molecular weight excluding hydrogens is 239 g/mol. The Kier molecular flexibility index (Phi) is 5.45. The number of halogens is 2. The minimum absolute atomic E-state index is 0.157. The average molecular weight is 265 g/mol. The van der Waals surface area contributed by atoms with Crippen LogP contribution >= 0.6 is 23.2 Å². The first-order valence-electron chi connectivity index (χ1n) is 6.89. The molecule has 0 heterocycles. The van der Waals surface area contributed by atoms with Crippen LogP contribution < -0.4 is 0 Å². The zero-order valence-electron chi connectivity index (χ0n) is 11.0. The second-order valence-corrected chi connectivity index (χ2v) is 6.51. The summed E-state index contributed by atoms with van der Waals surface area (Å²) in [6, 6.07) is 0. The van der Waals surface area contributed by atoms with Crippen LogP contribution in [0.1, 0.15) is 72.1 Å². The van der Waals surface area contributed by atoms with E-state index < -0.39 is 0 Å². The van der Waals surface area contributed by atoms with Crippen molar-refractivity contribution in [2.75, 3.05) is 0 Å². The normalized spacial score (nSPS) is 39.9. The maximum atomic E-state index is 6.94. The molecule has 0 nitrogen and oxygen atoms in total. The Labute approximate surface area is 111 Å². The van der Waals surface area contributed by atoms with E-state index in [1.54, 1.807) is 0 Å². The Morgan fingerprint density at radius 3 is 2.38 bits per heavy atom. The zero-order valence-corrected chi connectivity index (χ0v) is 12.5. The molecule has 2 heteroatoms. The highest BCUT2D eigenvalue weighted by Crippen LogP contribution is 2.56. The standard InChI is InChI=1S/C14H26Cl2/c1-4-7-10-13(5-2)11-8-9-12(15)14(13,16)6-3/h12H,4-11H2,1-3H3. The van der Waals surface area contributed by atoms with Crippen LogP contribution in [0.5, 0.6) is 0 Å². The minimum Gasteiger partial charge on any atom is -0.121 e. The van der Waals surface area contributed by atoms with Gasteiger partial charge in [-0.05, 0) is 37.5 Å². The second kappa shape index (κ2) is 5.96. The average Bonchev–Trinajstić information content (AvgIpc) is 2.31. The number of unbranched alkanes of at least 4 members (excludes halogenated alkanes) is 1. The van der Waals surface area contributed by atoms with E-state index in [2.05, 4.69) is 20.8 Å². The monoisotopic (exact) mass is 264 g/mol. The van der Waals surface area contributed by atoms with Crippen LogP contribution in [0.15, 0.2) is 0 Å². The van der Waals surface area contributed by atoms with Gasteiger partial charge in [-0.2, -0.15) is 0 Å². The van der Waals surface area contributed by atoms with E-state index in [0.29, 0.717) is 0 Å². The molecule has 1 rings (SSSR count). The third-order valence-corrected chi connectivity index (χ3v) is 6.33. The van der Waals surface area contributed by atoms with Crippen molar-refractivity contribution < 1.29 is 0 Å². The van der Waals surface area contributed by atoms with Gasteiger partial charge >= 0.3 is 0 Å². The van der Waals surface area contributed by atoms with Crippen molar-refractivity contribution in [3.63, 3.8) is 0 Å². The highest BCUT2D eigenvalue weighted by molar-refractivity contribution is 6.33. The van der Waals surface area contributed by atoms with Crippen LogP contribution in [0.4, 0.5) is 0 Å². The Morgan fingerprint density at radius 2 is 1.88 bits per heavy atom. The lowest BCUT2D eigenvalue weighted by Gasteiger charge is -2.52. The summed E-state index contributed by atoms with van der Waals surface area (Å²) in [5.74, 6) is 0. The Bertz CT molecular complexity index is 217. The summed E-state index contributed by atoms with van der Waals surface area (Å²) >= 11 is 13.5. The summed E-state index contributed by atoms with van der Waals surface area (Å²) in [7, 11) is 0. The maximum absolute atomic E-state index is 6.94. The fourth-order valence-electron chi connectivity index (χ4n) is 3.48. The largest absolute Gasteiger partial charge is 0.121 e. The molecular formula is C14H26Cl2. The molecule has 0 aromatic rings. The molecule has 3 atom stereocenters. The molecule has 0 bridgehead atoms. The molecule has 1 saturated carbocycles. The molecule has 0 radical (unpaired) electrons. The van der Waals surface area contributed by atoms with Crippen molar-refractivity contribution in [2.24, 2.45) is 5.41 Å². The summed E-state index contributed by atoms with van der Waals surface area (Å²) in [5.41, 5.74) is 0.282. The van der Waals surface area contributed by atoms with Crippen molar-refractivity contribution in [1.29, 1.82) is 0 Å². The fraction of sp³-hybridized carbons (Fsp3) is 1.00. The third kappa shape index (κ3) is 2.38. The van der Waals surface area contributed by atoms with Gasteiger partial charge in [-0.1, -0.05) is 40.0 Å². The van der Waals surface area contributed by atoms with E-state index in [1.807, 2.05) is 0 Å². The Morgan fingerprint density at radius 1 is 1.19 bits per heavy atom. The SMILES string of the molecule is CCCCC1(CC)CCCC(Cl)C1(Cl)CC. The van der Waals surface area contributed by atoms with Crippen LogP contribution in [0.25, 0.3) is 0 Å². The minimum atomic E-state index is -0.170. The van der Waals surface area contributed by atoms with Gasteiger partial charge in [-0.15, -0.1) is 23.2 Å². The van der Waals surface area contributed by atoms with Gasteiger partial charge in [0.25, 0.3) is 0 Å². The predicted octanol–water partition coefficient (Wildman–Crippen LogP) is 5.75. The van der Waals surface area contributed by atoms with Gasteiger partial charge in [0, 0.05) is 0 Å². The predicted molar refractivity (Wildman–Crippen MR) is 74.6 cm³/mol. The lowest BCUT2D eigenvalue weighted by molar-refractivity contribution is 0.0970. The van der Waals surface area contributed by atoms with Gasteiger partial charge in [0.15, 0.2) is 0 Å². The first-order valence-corrected chi connectivity index (χ1v) is 7.70. The molecule has 0 N–H and O–H groups in total. The van der Waals surface area contributed by atoms with Gasteiger partial charge in [-0.25, -0.2) is 0 Å². The van der Waals surface area contributed by atoms with Gasteiger partial charge in [0.05, 0.1) is 10.3 Å². The molecule has 1 aliphatic rings. The van der Waals surface area contributed by atoms with E-state index in [9.17, 15) is 0 Å². The maximum Gasteiger partial charge on any atom is 0.0663 e. The van der Waals surface area contributed by atoms with Crippen molar-refractivity contribution in [3.8, 4) is 0 Å². The third-order valence-electron chi connectivity index (χ3n) is 4.69. The molecule has 1 fully saturated rings. The molecule has 0 saturated heterocycles. The zero-order chi connectivity index (χ0) is 12.2. The first kappa shape index (κ1) is 14.6. The molecule has 0 spiro atoms. The van der Waals surface area contributed by atoms with Crippen molar-refractivity contribution in [1.82, 2.24) is 0 Å². The van der Waals surface area contributed by atoms with Crippen molar-refractivity contribution in [2.45, 2.75) is 82.4 Å². The quantitative estimate of drug-likeness (QED) is 0.555. The van der Waals surface area contributed by atoms with Gasteiger partial charge in [0.1, 0.15) is 0 Å². The highest BCUT2D eigenvalue weighted by atomic mass is 35.5. The van der Waals surface area contributed by atoms with Gasteiger partial charge in [-0.3, -0.25) is 0 Å². The van der Waals surface area contributed by atoms with E-state index in [-0.39, 0.29) is 15.7 Å². The Hall–Kier alpha value is 0.580. The van der Waals surface area contributed by atoms with Gasteiger partial charge < -0.3 is 0 Å². The molecule has 0 aliphatic heterocycles. The molecule has 3 unspecified atom stereocenters. The summed E-state index contributed by atoms with van der Waals surface area (Å²) in [4.78, 5) is -0.170. The Balaban J connectivity index is 2.93. The molecule has 0 aromatic heterocycles. The van der Waals surface area contributed by atoms with Crippen LogP contribution in [-0.2, 0) is 0 Å². The number of hydrogen-bond acceptors (Lipinski definition) is 0. The second-order valence-electron chi connectivity index (χ2n) is 5.31. The van der Waals surface area contributed by atoms with E-state index >= 15 is 0 Å². The molecule has 1 aliphatic carbocycles. The summed E-state index contributed by atoms with van der Waals surface area (Å²) in [6.45, 7) is 6.74. The molecule has 16 heavy (non-hydrogen) atoms. The van der Waals surface area contributed by atoms with E-state index in [4.69, 9.17) is 23.2 Å². The summed E-state index contributed by atoms with van der Waals surface area (Å²) in [6.07, 6.45) is 9.57. The van der Waals surface area contributed by atoms with E-state index in [0.717, 1.165) is 12.8 Å². The van der Waals surface area contributed by atoms with Crippen LogP contribution in [0.2, 0.25) is 0 Å². The van der Waals surface area contributed by atoms with Crippen LogP contribution in [-0.4, -0.2) is 10.3 Å². The molecule has 0 amide bonds. The van der Waals surface area contributed by atoms with Crippen LogP contribution in [0.3, 0.4) is 0 Å². The van der Waals surface area contributed by atoms with Crippen molar-refractivity contribution >= 4 is 23.2 Å². The highest BCUT2D eigenvalue weighted by Gasteiger charge is 2.53.